The number of nitrogens with one attached hydrogen (secondary N) is 2. The molecule has 6 heteroatoms. The van der Waals surface area contributed by atoms with Crippen LogP contribution in [0.2, 0.25) is 0 Å². The van der Waals surface area contributed by atoms with Crippen molar-refractivity contribution >= 4 is 12.0 Å². The molecule has 2 aromatic rings. The summed E-state index contributed by atoms with van der Waals surface area (Å²) in [6.07, 6.45) is 2.27. The van der Waals surface area contributed by atoms with Crippen LogP contribution in [0.1, 0.15) is 23.7 Å². The van der Waals surface area contributed by atoms with Crippen LogP contribution in [0, 0.1) is 0 Å². The number of aliphatic carboxylic acids is 1. The van der Waals surface area contributed by atoms with E-state index in [9.17, 15) is 9.59 Å². The lowest BCUT2D eigenvalue weighted by molar-refractivity contribution is -0.135. The van der Waals surface area contributed by atoms with Gasteiger partial charge < -0.3 is 20.2 Å². The molecule has 0 fully saturated rings. The molecule has 3 N–H and O–H groups in total. The fourth-order valence-corrected chi connectivity index (χ4v) is 2.20. The maximum absolute atomic E-state index is 11.4. The molecular formula is C16H18N2O4. The number of hydrogen-bond acceptors (Lipinski definition) is 3. The summed E-state index contributed by atoms with van der Waals surface area (Å²) >= 11 is 0. The van der Waals surface area contributed by atoms with Gasteiger partial charge in [0.25, 0.3) is 0 Å². The summed E-state index contributed by atoms with van der Waals surface area (Å²) in [6, 6.07) is 13.1. The van der Waals surface area contributed by atoms with Gasteiger partial charge in [0.05, 0.1) is 6.26 Å². The van der Waals surface area contributed by atoms with Crippen LogP contribution in [-0.2, 0) is 4.79 Å². The first-order valence-corrected chi connectivity index (χ1v) is 6.98. The highest BCUT2D eigenvalue weighted by molar-refractivity contribution is 5.79. The molecule has 1 aromatic heterocycles. The molecule has 116 valence electrons. The van der Waals surface area contributed by atoms with Crippen molar-refractivity contribution in [3.05, 3.63) is 60.1 Å². The van der Waals surface area contributed by atoms with Gasteiger partial charge in [-0.3, -0.25) is 4.79 Å². The lowest BCUT2D eigenvalue weighted by Gasteiger charge is -2.15. The molecule has 22 heavy (non-hydrogen) atoms. The Morgan fingerprint density at radius 3 is 2.50 bits per heavy atom. The molecule has 1 atom stereocenters. The lowest BCUT2D eigenvalue weighted by atomic mass is 9.93. The van der Waals surface area contributed by atoms with Gasteiger partial charge in [-0.25, -0.2) is 4.79 Å². The summed E-state index contributed by atoms with van der Waals surface area (Å²) in [6.45, 7) is 0.0118. The molecule has 2 amide bonds. The highest BCUT2D eigenvalue weighted by Crippen LogP contribution is 2.27. The summed E-state index contributed by atoms with van der Waals surface area (Å²) in [5.74, 6) is -0.206. The summed E-state index contributed by atoms with van der Waals surface area (Å²) in [7, 11) is 0. The molecule has 0 aliphatic heterocycles. The van der Waals surface area contributed by atoms with Gasteiger partial charge in [-0.15, -0.1) is 0 Å². The summed E-state index contributed by atoms with van der Waals surface area (Å²) < 4.78 is 5.48. The number of urea groups is 1. The van der Waals surface area contributed by atoms with Crippen LogP contribution in [0.25, 0.3) is 0 Å². The first-order valence-electron chi connectivity index (χ1n) is 6.98. The Kier molecular flexibility index (Phi) is 5.59. The van der Waals surface area contributed by atoms with E-state index in [1.54, 1.807) is 6.26 Å². The number of carbonyl (C=O) groups is 2. The predicted molar refractivity (Wildman–Crippen MR) is 80.6 cm³/mol. The zero-order valence-electron chi connectivity index (χ0n) is 12.0. The maximum Gasteiger partial charge on any atom is 0.323 e. The van der Waals surface area contributed by atoms with Crippen LogP contribution >= 0.6 is 0 Å². The Morgan fingerprint density at radius 2 is 1.86 bits per heavy atom. The van der Waals surface area contributed by atoms with E-state index in [4.69, 9.17) is 9.52 Å². The Labute approximate surface area is 128 Å². The molecule has 0 aliphatic carbocycles. The molecular weight excluding hydrogens is 284 g/mol. The van der Waals surface area contributed by atoms with Crippen molar-refractivity contribution in [1.82, 2.24) is 10.6 Å². The highest BCUT2D eigenvalue weighted by atomic mass is 16.4. The molecule has 0 saturated carbocycles. The van der Waals surface area contributed by atoms with E-state index < -0.39 is 18.5 Å². The van der Waals surface area contributed by atoms with Crippen molar-refractivity contribution in [3.8, 4) is 0 Å². The van der Waals surface area contributed by atoms with E-state index in [2.05, 4.69) is 10.6 Å². The van der Waals surface area contributed by atoms with Crippen LogP contribution in [0.5, 0.6) is 0 Å². The van der Waals surface area contributed by atoms with Gasteiger partial charge >= 0.3 is 12.0 Å². The third-order valence-corrected chi connectivity index (χ3v) is 3.21. The largest absolute Gasteiger partial charge is 0.480 e. The van der Waals surface area contributed by atoms with Gasteiger partial charge in [0.1, 0.15) is 12.3 Å². The molecule has 0 radical (unpaired) electrons. The second kappa shape index (κ2) is 7.87. The first-order chi connectivity index (χ1) is 10.7. The fourth-order valence-electron chi connectivity index (χ4n) is 2.20. The summed E-state index contributed by atoms with van der Waals surface area (Å²) in [4.78, 5) is 21.8. The van der Waals surface area contributed by atoms with Gasteiger partial charge in [-0.05, 0) is 24.1 Å². The van der Waals surface area contributed by atoms with Crippen molar-refractivity contribution < 1.29 is 19.1 Å². The van der Waals surface area contributed by atoms with Crippen LogP contribution in [0.15, 0.2) is 53.1 Å². The number of carboxylic acids is 1. The number of amides is 2. The summed E-state index contributed by atoms with van der Waals surface area (Å²) in [5.41, 5.74) is 1.10. The third kappa shape index (κ3) is 4.66. The smallest absolute Gasteiger partial charge is 0.323 e. The van der Waals surface area contributed by atoms with E-state index in [-0.39, 0.29) is 5.92 Å². The van der Waals surface area contributed by atoms with Crippen LogP contribution in [0.4, 0.5) is 4.79 Å². The van der Waals surface area contributed by atoms with E-state index in [1.165, 1.54) is 0 Å². The minimum absolute atomic E-state index is 0.0379. The van der Waals surface area contributed by atoms with E-state index in [0.29, 0.717) is 13.0 Å². The van der Waals surface area contributed by atoms with E-state index >= 15 is 0 Å². The number of carbonyl (C=O) groups excluding carboxylic acids is 1. The quantitative estimate of drug-likeness (QED) is 0.731. The van der Waals surface area contributed by atoms with Crippen molar-refractivity contribution in [1.29, 1.82) is 0 Å². The number of carboxylic acid groups (broad SMARTS) is 1. The Hall–Kier alpha value is -2.76. The number of benzene rings is 1. The Bertz CT molecular complexity index is 596. The van der Waals surface area contributed by atoms with Gasteiger partial charge in [0.2, 0.25) is 0 Å². The molecule has 0 bridgehead atoms. The molecule has 0 spiro atoms. The molecule has 1 aromatic carbocycles. The van der Waals surface area contributed by atoms with Gasteiger partial charge in [0, 0.05) is 12.5 Å². The second-order valence-electron chi connectivity index (χ2n) is 4.77. The maximum atomic E-state index is 11.4. The standard InChI is InChI=1S/C16H18N2O4/c19-15(20)11-18-16(21)17-9-8-13(14-7-4-10-22-14)12-5-2-1-3-6-12/h1-7,10,13H,8-9,11H2,(H,19,20)(H2,17,18,21). The van der Waals surface area contributed by atoms with E-state index in [0.717, 1.165) is 11.3 Å². The zero-order valence-corrected chi connectivity index (χ0v) is 12.0. The van der Waals surface area contributed by atoms with Gasteiger partial charge in [-0.2, -0.15) is 0 Å². The topological polar surface area (TPSA) is 91.6 Å². The number of furan rings is 1. The minimum atomic E-state index is -1.08. The van der Waals surface area contributed by atoms with Gasteiger partial charge in [0.15, 0.2) is 0 Å². The zero-order chi connectivity index (χ0) is 15.8. The van der Waals surface area contributed by atoms with Crippen molar-refractivity contribution in [2.45, 2.75) is 12.3 Å². The Morgan fingerprint density at radius 1 is 1.09 bits per heavy atom. The molecule has 2 rings (SSSR count). The average Bonchev–Trinajstić information content (AvgIpc) is 3.04. The average molecular weight is 302 g/mol. The van der Waals surface area contributed by atoms with Crippen LogP contribution in [0.3, 0.4) is 0 Å². The van der Waals surface area contributed by atoms with Gasteiger partial charge in [-0.1, -0.05) is 30.3 Å². The lowest BCUT2D eigenvalue weighted by Crippen LogP contribution is -2.39. The highest BCUT2D eigenvalue weighted by Gasteiger charge is 2.16. The van der Waals surface area contributed by atoms with Crippen molar-refractivity contribution in [2.24, 2.45) is 0 Å². The normalized spacial score (nSPS) is 11.6. The van der Waals surface area contributed by atoms with Crippen molar-refractivity contribution in [2.75, 3.05) is 13.1 Å². The summed E-state index contributed by atoms with van der Waals surface area (Å²) in [5, 5.41) is 13.4. The number of hydrogen-bond donors (Lipinski definition) is 3. The minimum Gasteiger partial charge on any atom is -0.480 e. The third-order valence-electron chi connectivity index (χ3n) is 3.21. The van der Waals surface area contributed by atoms with Crippen LogP contribution in [-0.4, -0.2) is 30.2 Å². The molecule has 0 saturated heterocycles. The molecule has 0 aliphatic rings. The Balaban J connectivity index is 1.91. The second-order valence-corrected chi connectivity index (χ2v) is 4.77. The number of rotatable bonds is 7. The fraction of sp³-hybridized carbons (Fsp3) is 0.250. The van der Waals surface area contributed by atoms with Crippen molar-refractivity contribution in [3.63, 3.8) is 0 Å². The molecule has 1 unspecified atom stereocenters. The monoisotopic (exact) mass is 302 g/mol. The first kappa shape index (κ1) is 15.6. The molecule has 6 nitrogen and oxygen atoms in total. The molecule has 1 heterocycles. The predicted octanol–water partition coefficient (Wildman–Crippen LogP) is 2.19. The van der Waals surface area contributed by atoms with E-state index in [1.807, 2.05) is 42.5 Å². The van der Waals surface area contributed by atoms with Crippen LogP contribution < -0.4 is 10.6 Å². The SMILES string of the molecule is O=C(O)CNC(=O)NCCC(c1ccccc1)c1ccco1.